The Morgan fingerprint density at radius 1 is 1.36 bits per heavy atom. The number of thiophene rings is 1. The van der Waals surface area contributed by atoms with Crippen molar-refractivity contribution >= 4 is 61.0 Å². The second-order valence-corrected chi connectivity index (χ2v) is 16.0. The minimum Gasteiger partial charge on any atom is -0.515 e. The van der Waals surface area contributed by atoms with Gasteiger partial charge in [-0.25, -0.2) is 9.48 Å². The molecule has 0 bridgehead atoms. The summed E-state index contributed by atoms with van der Waals surface area (Å²) in [6.45, 7) is 5.77. The van der Waals surface area contributed by atoms with Gasteiger partial charge in [0.1, 0.15) is 17.1 Å². The number of carbonyl (C=O) groups excluding carboxylic acids is 3. The third-order valence-electron chi connectivity index (χ3n) is 4.83. The van der Waals surface area contributed by atoms with E-state index in [4.69, 9.17) is 4.43 Å². The van der Waals surface area contributed by atoms with E-state index in [0.29, 0.717) is 16.7 Å². The highest BCUT2D eigenvalue weighted by atomic mass is 32.2. The fourth-order valence-electron chi connectivity index (χ4n) is 3.40. The van der Waals surface area contributed by atoms with Crippen LogP contribution in [0.4, 0.5) is 0 Å². The molecule has 1 saturated heterocycles. The summed E-state index contributed by atoms with van der Waals surface area (Å²) in [6, 6.07) is 3.12. The van der Waals surface area contributed by atoms with E-state index in [0.717, 1.165) is 10.5 Å². The maximum absolute atomic E-state index is 13.1. The molecule has 33 heavy (non-hydrogen) atoms. The van der Waals surface area contributed by atoms with Gasteiger partial charge < -0.3 is 9.74 Å². The number of fused-ring (bicyclic) bond motifs is 1. The number of aromatic nitrogens is 4. The van der Waals surface area contributed by atoms with Crippen LogP contribution in [0.15, 0.2) is 33.9 Å². The molecule has 0 spiro atoms. The zero-order valence-electron chi connectivity index (χ0n) is 18.6. The van der Waals surface area contributed by atoms with Gasteiger partial charge in [-0.15, -0.1) is 28.2 Å². The predicted molar refractivity (Wildman–Crippen MR) is 129 cm³/mol. The number of aryl methyl sites for hydroxylation is 1. The molecule has 0 saturated carbocycles. The molecule has 0 radical (unpaired) electrons. The maximum atomic E-state index is 13.1. The Hall–Kier alpha value is -2.16. The molecule has 176 valence electrons. The quantitative estimate of drug-likeness (QED) is 0.312. The summed E-state index contributed by atoms with van der Waals surface area (Å²) >= 11 is 4.42. The highest BCUT2D eigenvalue weighted by Crippen LogP contribution is 2.42. The minimum absolute atomic E-state index is 0.206. The number of hydrogen-bond acceptors (Lipinski definition) is 10. The molecule has 0 aromatic carbocycles. The van der Waals surface area contributed by atoms with Crippen LogP contribution in [0.1, 0.15) is 4.88 Å². The van der Waals surface area contributed by atoms with Crippen molar-refractivity contribution in [2.45, 2.75) is 42.6 Å². The van der Waals surface area contributed by atoms with Crippen LogP contribution in [0, 0.1) is 0 Å². The molecular weight excluding hydrogens is 501 g/mol. The van der Waals surface area contributed by atoms with Crippen LogP contribution < -0.4 is 5.32 Å². The van der Waals surface area contributed by atoms with Crippen LogP contribution in [0.5, 0.6) is 0 Å². The van der Waals surface area contributed by atoms with E-state index in [1.54, 1.807) is 11.7 Å². The standard InChI is InChI=1S/C19H24N6O4S3Si/c1-24-19(21-22-23-24)32-10-11-9-31-17-14(20-13(26)8-12-6-5-7-30-12)16(27)25(17)15(11)18(28)29-33(2,3)4/h5-7,14,17H,8-10H2,1-4H3,(H,20,26)/t14-,17+/m1/s1. The van der Waals surface area contributed by atoms with Gasteiger partial charge in [0.15, 0.2) is 0 Å². The zero-order valence-corrected chi connectivity index (χ0v) is 22.1. The van der Waals surface area contributed by atoms with Crippen molar-refractivity contribution in [3.8, 4) is 0 Å². The van der Waals surface area contributed by atoms with Gasteiger partial charge >= 0.3 is 5.97 Å². The third kappa shape index (κ3) is 5.33. The van der Waals surface area contributed by atoms with Gasteiger partial charge in [-0.3, -0.25) is 14.5 Å². The highest BCUT2D eigenvalue weighted by molar-refractivity contribution is 8.01. The van der Waals surface area contributed by atoms with Gasteiger partial charge in [-0.05, 0) is 47.1 Å². The van der Waals surface area contributed by atoms with Crippen molar-refractivity contribution in [3.63, 3.8) is 0 Å². The first-order valence-corrected chi connectivity index (χ1v) is 16.5. The minimum atomic E-state index is -2.19. The van der Waals surface area contributed by atoms with Crippen LogP contribution in [-0.4, -0.2) is 74.1 Å². The Kier molecular flexibility index (Phi) is 6.98. The van der Waals surface area contributed by atoms with Gasteiger partial charge in [0.2, 0.25) is 19.4 Å². The molecule has 10 nitrogen and oxygen atoms in total. The fourth-order valence-corrected chi connectivity index (χ4v) is 7.09. The van der Waals surface area contributed by atoms with E-state index >= 15 is 0 Å². The Balaban J connectivity index is 1.52. The average Bonchev–Trinajstić information content (AvgIpc) is 3.40. The number of hydrogen-bond donors (Lipinski definition) is 1. The van der Waals surface area contributed by atoms with E-state index in [2.05, 4.69) is 20.8 Å². The Labute approximate surface area is 204 Å². The average molecular weight is 525 g/mol. The molecule has 2 aromatic heterocycles. The van der Waals surface area contributed by atoms with Crippen molar-refractivity contribution in [1.82, 2.24) is 30.4 Å². The van der Waals surface area contributed by atoms with Crippen LogP contribution >= 0.6 is 34.9 Å². The second-order valence-electron chi connectivity index (χ2n) is 8.54. The summed E-state index contributed by atoms with van der Waals surface area (Å²) in [7, 11) is -0.447. The Morgan fingerprint density at radius 2 is 2.15 bits per heavy atom. The van der Waals surface area contributed by atoms with Crippen LogP contribution in [0.3, 0.4) is 0 Å². The molecule has 2 aromatic rings. The molecule has 2 atom stereocenters. The molecule has 1 fully saturated rings. The molecule has 4 rings (SSSR count). The van der Waals surface area contributed by atoms with Crippen molar-refractivity contribution < 1.29 is 18.8 Å². The van der Waals surface area contributed by atoms with Gasteiger partial charge in [0, 0.05) is 23.4 Å². The molecule has 4 heterocycles. The highest BCUT2D eigenvalue weighted by Gasteiger charge is 2.54. The van der Waals surface area contributed by atoms with E-state index < -0.39 is 20.3 Å². The Morgan fingerprint density at radius 3 is 2.79 bits per heavy atom. The summed E-state index contributed by atoms with van der Waals surface area (Å²) in [6.07, 6.45) is 0.229. The molecule has 14 heteroatoms. The van der Waals surface area contributed by atoms with Crippen LogP contribution in [-0.2, 0) is 32.3 Å². The molecule has 0 unspecified atom stereocenters. The van der Waals surface area contributed by atoms with Crippen LogP contribution in [0.25, 0.3) is 0 Å². The number of thioether (sulfide) groups is 2. The van der Waals surface area contributed by atoms with E-state index in [9.17, 15) is 14.4 Å². The normalized spacial score (nSPS) is 20.4. The predicted octanol–water partition coefficient (Wildman–Crippen LogP) is 1.64. The number of tetrazole rings is 1. The third-order valence-corrected chi connectivity index (χ3v) is 8.94. The van der Waals surface area contributed by atoms with Crippen molar-refractivity contribution in [2.75, 3.05) is 11.5 Å². The van der Waals surface area contributed by atoms with Gasteiger partial charge in [-0.2, -0.15) is 0 Å². The summed E-state index contributed by atoms with van der Waals surface area (Å²) in [4.78, 5) is 41.1. The number of nitrogens with one attached hydrogen (secondary N) is 1. The van der Waals surface area contributed by atoms with E-state index in [-0.39, 0.29) is 29.3 Å². The summed E-state index contributed by atoms with van der Waals surface area (Å²) < 4.78 is 7.31. The molecule has 2 aliphatic heterocycles. The monoisotopic (exact) mass is 524 g/mol. The van der Waals surface area contributed by atoms with E-state index in [1.807, 2.05) is 37.2 Å². The van der Waals surface area contributed by atoms with Crippen molar-refractivity contribution in [2.24, 2.45) is 7.05 Å². The summed E-state index contributed by atoms with van der Waals surface area (Å²) in [5, 5.41) is 16.5. The van der Waals surface area contributed by atoms with Gasteiger partial charge in [0.25, 0.3) is 5.91 Å². The topological polar surface area (TPSA) is 119 Å². The fraction of sp³-hybridized carbons (Fsp3) is 0.474. The lowest BCUT2D eigenvalue weighted by atomic mass is 10.0. The smallest absolute Gasteiger partial charge is 0.341 e. The second kappa shape index (κ2) is 9.60. The number of nitrogens with zero attached hydrogens (tertiary/aromatic N) is 5. The molecule has 2 amide bonds. The lowest BCUT2D eigenvalue weighted by Gasteiger charge is -2.50. The number of β-lactam (4-membered cyclic amide) rings is 1. The molecule has 1 N–H and O–H groups in total. The molecule has 2 aliphatic rings. The first kappa shape index (κ1) is 24.0. The molecule has 0 aliphatic carbocycles. The number of amides is 2. The Bertz CT molecular complexity index is 1100. The number of carbonyl (C=O) groups is 3. The largest absolute Gasteiger partial charge is 0.515 e. The van der Waals surface area contributed by atoms with Crippen LogP contribution in [0.2, 0.25) is 19.6 Å². The lowest BCUT2D eigenvalue weighted by Crippen LogP contribution is -2.70. The van der Waals surface area contributed by atoms with E-state index in [1.165, 1.54) is 39.8 Å². The first-order valence-electron chi connectivity index (χ1n) is 10.2. The molecular formula is C19H24N6O4S3Si. The van der Waals surface area contributed by atoms with Gasteiger partial charge in [0.05, 0.1) is 6.42 Å². The zero-order chi connectivity index (χ0) is 23.8. The summed E-state index contributed by atoms with van der Waals surface area (Å²) in [5.41, 5.74) is 1.08. The first-order chi connectivity index (χ1) is 15.6. The maximum Gasteiger partial charge on any atom is 0.341 e. The number of rotatable bonds is 8. The van der Waals surface area contributed by atoms with Crippen molar-refractivity contribution in [1.29, 1.82) is 0 Å². The lowest BCUT2D eigenvalue weighted by molar-refractivity contribution is -0.150. The SMILES string of the molecule is Cn1nnnc1SCC1=C(C(=O)O[Si](C)(C)C)N2C(=O)[C@@H](NC(=O)Cc3cccs3)[C@@H]2SC1. The summed E-state index contributed by atoms with van der Waals surface area (Å²) in [5.74, 6) is 0.00554. The van der Waals surface area contributed by atoms with Crippen molar-refractivity contribution in [3.05, 3.63) is 33.7 Å². The van der Waals surface area contributed by atoms with Gasteiger partial charge in [-0.1, -0.05) is 17.8 Å².